The van der Waals surface area contributed by atoms with E-state index >= 15 is 0 Å². The highest BCUT2D eigenvalue weighted by atomic mass is 19.2. The van der Waals surface area contributed by atoms with Crippen molar-refractivity contribution >= 4 is 0 Å². The van der Waals surface area contributed by atoms with Crippen molar-refractivity contribution in [3.8, 4) is 0 Å². The molecule has 2 unspecified atom stereocenters. The fraction of sp³-hybridized carbons (Fsp3) is 0.250. The van der Waals surface area contributed by atoms with E-state index in [1.807, 2.05) is 0 Å². The second kappa shape index (κ2) is 5.10. The predicted octanol–water partition coefficient (Wildman–Crippen LogP) is 4.69. The van der Waals surface area contributed by atoms with E-state index in [1.165, 1.54) is 13.8 Å². The number of ether oxygens (including phenoxy) is 1. The van der Waals surface area contributed by atoms with Gasteiger partial charge in [-0.2, -0.15) is 0 Å². The highest BCUT2D eigenvalue weighted by Crippen LogP contribution is 2.37. The van der Waals surface area contributed by atoms with Crippen molar-refractivity contribution in [3.05, 3.63) is 71.8 Å². The van der Waals surface area contributed by atoms with E-state index in [1.54, 1.807) is 60.7 Å². The van der Waals surface area contributed by atoms with E-state index in [9.17, 15) is 8.78 Å². The van der Waals surface area contributed by atoms with Gasteiger partial charge in [0.25, 0.3) is 0 Å². The van der Waals surface area contributed by atoms with E-state index in [2.05, 4.69) is 0 Å². The molecule has 0 fully saturated rings. The number of benzene rings is 2. The minimum Gasteiger partial charge on any atom is -0.301 e. The third-order valence-corrected chi connectivity index (χ3v) is 2.96. The zero-order chi connectivity index (χ0) is 13.9. The lowest BCUT2D eigenvalue weighted by Gasteiger charge is -2.30. The van der Waals surface area contributed by atoms with Gasteiger partial charge in [0.05, 0.1) is 0 Å². The maximum absolute atomic E-state index is 14.5. The zero-order valence-corrected chi connectivity index (χ0v) is 10.9. The van der Waals surface area contributed by atoms with Gasteiger partial charge in [0, 0.05) is 11.1 Å². The van der Waals surface area contributed by atoms with Crippen molar-refractivity contribution in [2.45, 2.75) is 25.6 Å². The van der Waals surface area contributed by atoms with Crippen molar-refractivity contribution in [1.29, 1.82) is 0 Å². The van der Waals surface area contributed by atoms with Gasteiger partial charge in [-0.05, 0) is 13.8 Å². The molecule has 2 atom stereocenters. The van der Waals surface area contributed by atoms with Crippen LogP contribution in [0.5, 0.6) is 0 Å². The Bertz CT molecular complexity index is 471. The molecule has 0 N–H and O–H groups in total. The van der Waals surface area contributed by atoms with Crippen LogP contribution in [-0.2, 0) is 16.4 Å². The Morgan fingerprint density at radius 3 is 1.32 bits per heavy atom. The molecular weight excluding hydrogens is 246 g/mol. The van der Waals surface area contributed by atoms with Crippen LogP contribution in [-0.4, -0.2) is 0 Å². The molecule has 3 heteroatoms. The van der Waals surface area contributed by atoms with Crippen LogP contribution in [0.4, 0.5) is 8.78 Å². The Labute approximate surface area is 111 Å². The van der Waals surface area contributed by atoms with Crippen LogP contribution in [0.2, 0.25) is 0 Å². The fourth-order valence-corrected chi connectivity index (χ4v) is 1.95. The van der Waals surface area contributed by atoms with Gasteiger partial charge in [0.1, 0.15) is 0 Å². The Morgan fingerprint density at radius 2 is 1.00 bits per heavy atom. The second-order valence-electron chi connectivity index (χ2n) is 4.67. The Hall–Kier alpha value is -1.74. The second-order valence-corrected chi connectivity index (χ2v) is 4.67. The molecular formula is C16H16F2O. The van der Waals surface area contributed by atoms with E-state index in [4.69, 9.17) is 4.74 Å². The van der Waals surface area contributed by atoms with Crippen molar-refractivity contribution < 1.29 is 13.5 Å². The molecule has 0 heterocycles. The third kappa shape index (κ3) is 3.18. The molecule has 0 radical (unpaired) electrons. The maximum Gasteiger partial charge on any atom is 0.235 e. The average molecular weight is 262 g/mol. The highest BCUT2D eigenvalue weighted by molar-refractivity contribution is 5.22. The molecule has 19 heavy (non-hydrogen) atoms. The van der Waals surface area contributed by atoms with Crippen LogP contribution >= 0.6 is 0 Å². The van der Waals surface area contributed by atoms with E-state index in [0.717, 1.165) is 0 Å². The van der Waals surface area contributed by atoms with Crippen molar-refractivity contribution in [2.75, 3.05) is 0 Å². The van der Waals surface area contributed by atoms with Crippen molar-refractivity contribution in [3.63, 3.8) is 0 Å². The normalized spacial score (nSPS) is 17.5. The summed E-state index contributed by atoms with van der Waals surface area (Å²) in [5.74, 6) is -4.39. The summed E-state index contributed by atoms with van der Waals surface area (Å²) in [6.45, 7) is 2.42. The summed E-state index contributed by atoms with van der Waals surface area (Å²) < 4.78 is 34.1. The first-order valence-electron chi connectivity index (χ1n) is 6.11. The van der Waals surface area contributed by atoms with Gasteiger partial charge in [-0.15, -0.1) is 0 Å². The molecule has 0 aromatic heterocycles. The van der Waals surface area contributed by atoms with Gasteiger partial charge >= 0.3 is 0 Å². The van der Waals surface area contributed by atoms with Crippen LogP contribution in [0.3, 0.4) is 0 Å². The monoisotopic (exact) mass is 262 g/mol. The molecule has 2 aromatic rings. The van der Waals surface area contributed by atoms with Gasteiger partial charge < -0.3 is 4.74 Å². The molecule has 2 aromatic carbocycles. The minimum absolute atomic E-state index is 0.287. The molecule has 2 rings (SSSR count). The van der Waals surface area contributed by atoms with Crippen LogP contribution < -0.4 is 0 Å². The van der Waals surface area contributed by atoms with Crippen LogP contribution in [0.1, 0.15) is 25.0 Å². The maximum atomic E-state index is 14.5. The number of hydrogen-bond acceptors (Lipinski definition) is 1. The highest BCUT2D eigenvalue weighted by Gasteiger charge is 2.38. The van der Waals surface area contributed by atoms with Gasteiger partial charge in [-0.1, -0.05) is 60.7 Å². The Morgan fingerprint density at radius 1 is 0.684 bits per heavy atom. The molecule has 0 saturated heterocycles. The number of alkyl halides is 2. The van der Waals surface area contributed by atoms with Gasteiger partial charge in [0.15, 0.2) is 0 Å². The summed E-state index contributed by atoms with van der Waals surface area (Å²) in [5, 5.41) is 0. The molecule has 0 aliphatic rings. The largest absolute Gasteiger partial charge is 0.301 e. The topological polar surface area (TPSA) is 9.23 Å². The SMILES string of the molecule is CC(F)(OC(C)(F)c1ccccc1)c1ccccc1. The molecule has 0 bridgehead atoms. The molecule has 0 amide bonds. The third-order valence-electron chi connectivity index (χ3n) is 2.96. The molecule has 1 nitrogen and oxygen atoms in total. The lowest BCUT2D eigenvalue weighted by atomic mass is 10.1. The zero-order valence-electron chi connectivity index (χ0n) is 10.9. The van der Waals surface area contributed by atoms with E-state index < -0.39 is 11.7 Å². The number of rotatable bonds is 4. The standard InChI is InChI=1S/C16H16F2O/c1-15(17,13-9-5-3-6-10-13)19-16(2,18)14-11-7-4-8-12-14/h3-12H,1-2H3. The van der Waals surface area contributed by atoms with E-state index in [0.29, 0.717) is 0 Å². The first-order valence-corrected chi connectivity index (χ1v) is 6.11. The first kappa shape index (κ1) is 13.7. The lowest BCUT2D eigenvalue weighted by Crippen LogP contribution is -2.31. The number of hydrogen-bond donors (Lipinski definition) is 0. The summed E-state index contributed by atoms with van der Waals surface area (Å²) in [6, 6.07) is 16.6. The van der Waals surface area contributed by atoms with Gasteiger partial charge in [0.2, 0.25) is 11.7 Å². The number of halogens is 2. The first-order chi connectivity index (χ1) is 8.92. The quantitative estimate of drug-likeness (QED) is 0.776. The molecule has 0 spiro atoms. The van der Waals surface area contributed by atoms with Crippen LogP contribution in [0, 0.1) is 0 Å². The predicted molar refractivity (Wildman–Crippen MR) is 70.9 cm³/mol. The van der Waals surface area contributed by atoms with E-state index in [-0.39, 0.29) is 11.1 Å². The Balaban J connectivity index is 2.25. The summed E-state index contributed by atoms with van der Waals surface area (Å²) >= 11 is 0. The average Bonchev–Trinajstić information content (AvgIpc) is 2.40. The lowest BCUT2D eigenvalue weighted by molar-refractivity contribution is -0.272. The molecule has 0 saturated carbocycles. The van der Waals surface area contributed by atoms with Crippen molar-refractivity contribution in [1.82, 2.24) is 0 Å². The molecule has 0 aliphatic heterocycles. The minimum atomic E-state index is -2.19. The van der Waals surface area contributed by atoms with Gasteiger partial charge in [-0.3, -0.25) is 0 Å². The van der Waals surface area contributed by atoms with Gasteiger partial charge in [-0.25, -0.2) is 8.78 Å². The summed E-state index contributed by atoms with van der Waals surface area (Å²) in [6.07, 6.45) is 0. The molecule has 0 aliphatic carbocycles. The van der Waals surface area contributed by atoms with Crippen LogP contribution in [0.15, 0.2) is 60.7 Å². The molecule has 100 valence electrons. The summed E-state index contributed by atoms with van der Waals surface area (Å²) in [4.78, 5) is 0. The smallest absolute Gasteiger partial charge is 0.235 e. The van der Waals surface area contributed by atoms with Crippen LogP contribution in [0.25, 0.3) is 0 Å². The fourth-order valence-electron chi connectivity index (χ4n) is 1.95. The summed E-state index contributed by atoms with van der Waals surface area (Å²) in [5.41, 5.74) is 0.574. The van der Waals surface area contributed by atoms with Crippen molar-refractivity contribution in [2.24, 2.45) is 0 Å². The summed E-state index contributed by atoms with van der Waals surface area (Å²) in [7, 11) is 0. The Kier molecular flexibility index (Phi) is 3.67.